The van der Waals surface area contributed by atoms with Gasteiger partial charge in [-0.05, 0) is 29.8 Å². The first-order valence-corrected chi connectivity index (χ1v) is 9.00. The van der Waals surface area contributed by atoms with Gasteiger partial charge < -0.3 is 14.6 Å². The zero-order valence-corrected chi connectivity index (χ0v) is 14.8. The molecule has 2 amide bonds. The zero-order chi connectivity index (χ0) is 17.1. The predicted octanol–water partition coefficient (Wildman–Crippen LogP) is 3.48. The number of amides is 2. The highest BCUT2D eigenvalue weighted by atomic mass is 35.5. The average molecular weight is 385 g/mol. The minimum Gasteiger partial charge on any atom is -0.467 e. The Labute approximate surface area is 153 Å². The molecule has 24 heavy (non-hydrogen) atoms. The Balaban J connectivity index is 1.66. The van der Waals surface area contributed by atoms with Crippen molar-refractivity contribution in [3.63, 3.8) is 0 Å². The number of rotatable bonds is 5. The first-order valence-electron chi connectivity index (χ1n) is 7.19. The molecule has 8 heteroatoms. The van der Waals surface area contributed by atoms with Crippen molar-refractivity contribution >= 4 is 46.8 Å². The van der Waals surface area contributed by atoms with Gasteiger partial charge in [0.1, 0.15) is 17.7 Å². The molecule has 1 aromatic heterocycles. The number of hydrogen-bond acceptors (Lipinski definition) is 4. The van der Waals surface area contributed by atoms with E-state index in [0.717, 1.165) is 5.56 Å². The molecule has 0 unspecified atom stereocenters. The molecule has 2 heterocycles. The van der Waals surface area contributed by atoms with E-state index in [1.165, 1.54) is 11.8 Å². The summed E-state index contributed by atoms with van der Waals surface area (Å²) in [5.74, 6) is 0.666. The lowest BCUT2D eigenvalue weighted by atomic mass is 10.2. The number of benzene rings is 1. The molecule has 0 saturated carbocycles. The number of furan rings is 1. The number of thioether (sulfide) groups is 1. The number of nitrogens with zero attached hydrogens (tertiary/aromatic N) is 1. The van der Waals surface area contributed by atoms with E-state index in [2.05, 4.69) is 5.32 Å². The Morgan fingerprint density at radius 2 is 2.17 bits per heavy atom. The summed E-state index contributed by atoms with van der Waals surface area (Å²) < 4.78 is 5.16. The van der Waals surface area contributed by atoms with E-state index < -0.39 is 0 Å². The molecule has 1 atom stereocenters. The predicted molar refractivity (Wildman–Crippen MR) is 93.9 cm³/mol. The highest BCUT2D eigenvalue weighted by Crippen LogP contribution is 2.40. The number of carbonyl (C=O) groups excluding carboxylic acids is 2. The molecule has 1 aliphatic heterocycles. The van der Waals surface area contributed by atoms with Crippen molar-refractivity contribution in [2.75, 3.05) is 12.3 Å². The summed E-state index contributed by atoms with van der Waals surface area (Å²) in [5, 5.41) is 3.38. The summed E-state index contributed by atoms with van der Waals surface area (Å²) >= 11 is 13.4. The third-order valence-electron chi connectivity index (χ3n) is 3.55. The molecule has 126 valence electrons. The van der Waals surface area contributed by atoms with E-state index in [4.69, 9.17) is 27.6 Å². The highest BCUT2D eigenvalue weighted by Gasteiger charge is 2.34. The second-order valence-electron chi connectivity index (χ2n) is 5.21. The summed E-state index contributed by atoms with van der Waals surface area (Å²) in [6.45, 7) is 0.274. The third kappa shape index (κ3) is 3.88. The lowest BCUT2D eigenvalue weighted by Crippen LogP contribution is -2.39. The van der Waals surface area contributed by atoms with Gasteiger partial charge in [-0.15, -0.1) is 11.8 Å². The summed E-state index contributed by atoms with van der Waals surface area (Å²) in [4.78, 5) is 25.8. The Hall–Kier alpha value is -1.63. The molecule has 0 bridgehead atoms. The molecule has 0 radical (unpaired) electrons. The van der Waals surface area contributed by atoms with Gasteiger partial charge in [0.2, 0.25) is 11.8 Å². The normalized spacial score (nSPS) is 17.3. The van der Waals surface area contributed by atoms with E-state index in [1.54, 1.807) is 35.4 Å². The second kappa shape index (κ2) is 7.51. The molecule has 1 aromatic carbocycles. The first kappa shape index (κ1) is 17.2. The highest BCUT2D eigenvalue weighted by molar-refractivity contribution is 8.00. The van der Waals surface area contributed by atoms with Crippen LogP contribution in [0.4, 0.5) is 0 Å². The number of nitrogens with one attached hydrogen (secondary N) is 1. The summed E-state index contributed by atoms with van der Waals surface area (Å²) in [5.41, 5.74) is 0.846. The van der Waals surface area contributed by atoms with Gasteiger partial charge in [-0.25, -0.2) is 0 Å². The van der Waals surface area contributed by atoms with Gasteiger partial charge in [0.05, 0.1) is 28.6 Å². The molecule has 0 spiro atoms. The van der Waals surface area contributed by atoms with E-state index >= 15 is 0 Å². The van der Waals surface area contributed by atoms with Crippen molar-refractivity contribution in [2.45, 2.75) is 11.9 Å². The van der Waals surface area contributed by atoms with Gasteiger partial charge in [-0.3, -0.25) is 9.59 Å². The van der Waals surface area contributed by atoms with Crippen LogP contribution in [0, 0.1) is 0 Å². The van der Waals surface area contributed by atoms with Crippen molar-refractivity contribution in [3.05, 3.63) is 58.0 Å². The maximum Gasteiger partial charge on any atom is 0.240 e. The SMILES string of the molecule is O=C(CN1C(=O)CS[C@H]1c1ccc(Cl)c(Cl)c1)NCc1ccco1. The van der Waals surface area contributed by atoms with Gasteiger partial charge in [0.25, 0.3) is 0 Å². The number of hydrogen-bond donors (Lipinski definition) is 1. The molecular formula is C16H14Cl2N2O3S. The topological polar surface area (TPSA) is 62.6 Å². The summed E-state index contributed by atoms with van der Waals surface area (Å²) in [6.07, 6.45) is 1.54. The van der Waals surface area contributed by atoms with E-state index in [9.17, 15) is 9.59 Å². The fraction of sp³-hybridized carbons (Fsp3) is 0.250. The maximum absolute atomic E-state index is 12.1. The molecule has 1 N–H and O–H groups in total. The molecule has 5 nitrogen and oxygen atoms in total. The minimum atomic E-state index is -0.248. The molecule has 1 saturated heterocycles. The Kier molecular flexibility index (Phi) is 5.38. The van der Waals surface area contributed by atoms with Crippen molar-refractivity contribution in [1.29, 1.82) is 0 Å². The molecule has 1 fully saturated rings. The third-order valence-corrected chi connectivity index (χ3v) is 5.55. The summed E-state index contributed by atoms with van der Waals surface area (Å²) in [7, 11) is 0. The standard InChI is InChI=1S/C16H14Cl2N2O3S/c17-12-4-3-10(6-13(12)18)16-20(15(22)9-24-16)8-14(21)19-7-11-2-1-5-23-11/h1-6,16H,7-9H2,(H,19,21)/t16-/m0/s1. The fourth-order valence-electron chi connectivity index (χ4n) is 2.38. The van der Waals surface area contributed by atoms with Crippen LogP contribution in [-0.2, 0) is 16.1 Å². The van der Waals surface area contributed by atoms with Gasteiger partial charge in [0.15, 0.2) is 0 Å². The van der Waals surface area contributed by atoms with Crippen LogP contribution in [0.2, 0.25) is 10.0 Å². The van der Waals surface area contributed by atoms with Crippen LogP contribution in [0.25, 0.3) is 0 Å². The minimum absolute atomic E-state index is 0.0164. The molecular weight excluding hydrogens is 371 g/mol. The van der Waals surface area contributed by atoms with Gasteiger partial charge in [-0.1, -0.05) is 29.3 Å². The van der Waals surface area contributed by atoms with Gasteiger partial charge in [-0.2, -0.15) is 0 Å². The summed E-state index contributed by atoms with van der Waals surface area (Å²) in [6, 6.07) is 8.77. The van der Waals surface area contributed by atoms with Crippen LogP contribution < -0.4 is 5.32 Å². The quantitative estimate of drug-likeness (QED) is 0.856. The Bertz CT molecular complexity index is 752. The molecule has 0 aliphatic carbocycles. The lowest BCUT2D eigenvalue weighted by molar-refractivity contribution is -0.133. The Morgan fingerprint density at radius 3 is 2.88 bits per heavy atom. The van der Waals surface area contributed by atoms with Crippen molar-refractivity contribution in [3.8, 4) is 0 Å². The monoisotopic (exact) mass is 384 g/mol. The molecule has 3 rings (SSSR count). The fourth-order valence-corrected chi connectivity index (χ4v) is 3.86. The molecule has 1 aliphatic rings. The molecule has 2 aromatic rings. The van der Waals surface area contributed by atoms with Crippen molar-refractivity contribution in [1.82, 2.24) is 10.2 Å². The maximum atomic E-state index is 12.1. The van der Waals surface area contributed by atoms with Crippen LogP contribution in [0.15, 0.2) is 41.0 Å². The largest absolute Gasteiger partial charge is 0.467 e. The van der Waals surface area contributed by atoms with Crippen LogP contribution in [0.1, 0.15) is 16.7 Å². The van der Waals surface area contributed by atoms with Gasteiger partial charge in [0, 0.05) is 0 Å². The van der Waals surface area contributed by atoms with Crippen LogP contribution >= 0.6 is 35.0 Å². The smallest absolute Gasteiger partial charge is 0.240 e. The lowest BCUT2D eigenvalue weighted by Gasteiger charge is -2.23. The van der Waals surface area contributed by atoms with Crippen molar-refractivity contribution in [2.24, 2.45) is 0 Å². The number of carbonyl (C=O) groups is 2. The van der Waals surface area contributed by atoms with E-state index in [1.807, 2.05) is 6.07 Å². The second-order valence-corrected chi connectivity index (χ2v) is 7.10. The van der Waals surface area contributed by atoms with E-state index in [-0.39, 0.29) is 23.7 Å². The van der Waals surface area contributed by atoms with Crippen LogP contribution in [0.5, 0.6) is 0 Å². The van der Waals surface area contributed by atoms with Gasteiger partial charge >= 0.3 is 0 Å². The number of halogens is 2. The van der Waals surface area contributed by atoms with Crippen LogP contribution in [-0.4, -0.2) is 29.0 Å². The Morgan fingerprint density at radius 1 is 1.33 bits per heavy atom. The first-order chi connectivity index (χ1) is 11.5. The van der Waals surface area contributed by atoms with Crippen molar-refractivity contribution < 1.29 is 14.0 Å². The average Bonchev–Trinajstić information content (AvgIpc) is 3.19. The van der Waals surface area contributed by atoms with Crippen LogP contribution in [0.3, 0.4) is 0 Å². The zero-order valence-electron chi connectivity index (χ0n) is 12.5. The van der Waals surface area contributed by atoms with E-state index in [0.29, 0.717) is 28.1 Å².